The number of nitrogens with one attached hydrogen (secondary N) is 1. The van der Waals surface area contributed by atoms with E-state index in [9.17, 15) is 19.2 Å². The Bertz CT molecular complexity index is 640. The van der Waals surface area contributed by atoms with Crippen molar-refractivity contribution >= 4 is 23.8 Å². The Labute approximate surface area is 165 Å². The molecule has 3 aliphatic rings. The molecule has 3 rings (SSSR count). The topological polar surface area (TPSA) is 116 Å². The Balaban J connectivity index is 1.56. The monoisotopic (exact) mass is 393 g/mol. The minimum Gasteiger partial charge on any atom is -0.352 e. The molecule has 3 fully saturated rings. The van der Waals surface area contributed by atoms with Crippen LogP contribution in [0.15, 0.2) is 0 Å². The SMILES string of the molecule is CCN1CC(C(=O)N2[C@@H]3CC[C@H]2CC(N(C)C(=O)CCNC(N)=O)C3)CC1=O. The van der Waals surface area contributed by atoms with Gasteiger partial charge in [0.2, 0.25) is 17.7 Å². The number of hydrogen-bond donors (Lipinski definition) is 2. The molecular weight excluding hydrogens is 362 g/mol. The lowest BCUT2D eigenvalue weighted by Crippen LogP contribution is -2.54. The molecule has 3 saturated heterocycles. The third-order valence-corrected chi connectivity index (χ3v) is 6.49. The van der Waals surface area contributed by atoms with Crippen LogP contribution in [0.3, 0.4) is 0 Å². The number of nitrogens with two attached hydrogens (primary N) is 1. The van der Waals surface area contributed by atoms with Gasteiger partial charge in [-0.05, 0) is 32.6 Å². The molecule has 2 unspecified atom stereocenters. The maximum atomic E-state index is 13.1. The van der Waals surface area contributed by atoms with Gasteiger partial charge in [-0.2, -0.15) is 0 Å². The largest absolute Gasteiger partial charge is 0.352 e. The smallest absolute Gasteiger partial charge is 0.312 e. The zero-order chi connectivity index (χ0) is 20.4. The van der Waals surface area contributed by atoms with Crippen molar-refractivity contribution in [1.82, 2.24) is 20.0 Å². The first kappa shape index (κ1) is 20.4. The molecule has 2 bridgehead atoms. The summed E-state index contributed by atoms with van der Waals surface area (Å²) < 4.78 is 0. The average Bonchev–Trinajstić information content (AvgIpc) is 3.16. The molecule has 156 valence electrons. The molecule has 3 aliphatic heterocycles. The number of rotatable bonds is 6. The summed E-state index contributed by atoms with van der Waals surface area (Å²) in [5.41, 5.74) is 5.03. The molecule has 0 aliphatic carbocycles. The van der Waals surface area contributed by atoms with Gasteiger partial charge in [0, 0.05) is 57.6 Å². The van der Waals surface area contributed by atoms with Crippen LogP contribution in [0, 0.1) is 5.92 Å². The van der Waals surface area contributed by atoms with Gasteiger partial charge in [-0.15, -0.1) is 0 Å². The second-order valence-electron chi connectivity index (χ2n) is 8.13. The van der Waals surface area contributed by atoms with E-state index in [1.54, 1.807) is 16.8 Å². The van der Waals surface area contributed by atoms with Gasteiger partial charge in [0.05, 0.1) is 5.92 Å². The summed E-state index contributed by atoms with van der Waals surface area (Å²) >= 11 is 0. The molecule has 0 radical (unpaired) electrons. The number of piperidine rings is 1. The van der Waals surface area contributed by atoms with E-state index in [2.05, 4.69) is 5.32 Å². The van der Waals surface area contributed by atoms with Crippen molar-refractivity contribution in [2.24, 2.45) is 11.7 Å². The number of carbonyl (C=O) groups excluding carboxylic acids is 4. The van der Waals surface area contributed by atoms with Gasteiger partial charge < -0.3 is 25.8 Å². The molecule has 4 atom stereocenters. The second-order valence-corrected chi connectivity index (χ2v) is 8.13. The predicted octanol–water partition coefficient (Wildman–Crippen LogP) is -0.106. The summed E-state index contributed by atoms with van der Waals surface area (Å²) in [5, 5.41) is 2.44. The number of carbonyl (C=O) groups is 4. The molecule has 9 heteroatoms. The fourth-order valence-corrected chi connectivity index (χ4v) is 4.95. The van der Waals surface area contributed by atoms with Crippen LogP contribution in [-0.4, -0.2) is 83.3 Å². The van der Waals surface area contributed by atoms with Crippen LogP contribution in [0.4, 0.5) is 4.79 Å². The lowest BCUT2D eigenvalue weighted by Gasteiger charge is -2.43. The van der Waals surface area contributed by atoms with Crippen molar-refractivity contribution in [1.29, 1.82) is 0 Å². The van der Waals surface area contributed by atoms with Gasteiger partial charge >= 0.3 is 6.03 Å². The number of hydrogen-bond acceptors (Lipinski definition) is 4. The molecule has 5 amide bonds. The van der Waals surface area contributed by atoms with E-state index in [0.717, 1.165) is 25.7 Å². The van der Waals surface area contributed by atoms with Crippen LogP contribution in [0.1, 0.15) is 45.4 Å². The number of fused-ring (bicyclic) bond motifs is 2. The third-order valence-electron chi connectivity index (χ3n) is 6.49. The van der Waals surface area contributed by atoms with E-state index in [1.807, 2.05) is 11.8 Å². The molecule has 0 aromatic rings. The lowest BCUT2D eigenvalue weighted by atomic mass is 9.93. The molecule has 0 spiro atoms. The fourth-order valence-electron chi connectivity index (χ4n) is 4.95. The Kier molecular flexibility index (Phi) is 6.10. The Morgan fingerprint density at radius 3 is 2.39 bits per heavy atom. The van der Waals surface area contributed by atoms with E-state index < -0.39 is 6.03 Å². The maximum absolute atomic E-state index is 13.1. The van der Waals surface area contributed by atoms with Gasteiger partial charge in [-0.3, -0.25) is 14.4 Å². The van der Waals surface area contributed by atoms with E-state index >= 15 is 0 Å². The van der Waals surface area contributed by atoms with Crippen LogP contribution in [-0.2, 0) is 14.4 Å². The van der Waals surface area contributed by atoms with Crippen LogP contribution in [0.25, 0.3) is 0 Å². The normalized spacial score (nSPS) is 29.1. The zero-order valence-corrected chi connectivity index (χ0v) is 16.7. The van der Waals surface area contributed by atoms with E-state index in [1.165, 1.54) is 0 Å². The first-order valence-corrected chi connectivity index (χ1v) is 10.2. The van der Waals surface area contributed by atoms with Gasteiger partial charge in [0.15, 0.2) is 0 Å². The maximum Gasteiger partial charge on any atom is 0.312 e. The van der Waals surface area contributed by atoms with Gasteiger partial charge in [0.25, 0.3) is 0 Å². The van der Waals surface area contributed by atoms with Crippen molar-refractivity contribution in [2.45, 2.75) is 63.6 Å². The molecule has 0 aromatic heterocycles. The summed E-state index contributed by atoms with van der Waals surface area (Å²) in [6.07, 6.45) is 3.98. The van der Waals surface area contributed by atoms with Crippen molar-refractivity contribution in [3.63, 3.8) is 0 Å². The summed E-state index contributed by atoms with van der Waals surface area (Å²) in [7, 11) is 1.79. The second kappa shape index (κ2) is 8.36. The number of likely N-dealkylation sites (tertiary alicyclic amines) is 1. The van der Waals surface area contributed by atoms with Crippen molar-refractivity contribution in [3.05, 3.63) is 0 Å². The summed E-state index contributed by atoms with van der Waals surface area (Å²) in [6.45, 7) is 3.34. The van der Waals surface area contributed by atoms with Crippen molar-refractivity contribution in [3.8, 4) is 0 Å². The van der Waals surface area contributed by atoms with Gasteiger partial charge in [-0.25, -0.2) is 4.79 Å². The number of urea groups is 1. The highest BCUT2D eigenvalue weighted by atomic mass is 16.2. The molecule has 0 aromatic carbocycles. The first-order valence-electron chi connectivity index (χ1n) is 10.2. The summed E-state index contributed by atoms with van der Waals surface area (Å²) in [4.78, 5) is 53.8. The Morgan fingerprint density at radius 1 is 1.21 bits per heavy atom. The number of amides is 5. The van der Waals surface area contributed by atoms with E-state index in [4.69, 9.17) is 5.73 Å². The minimum absolute atomic E-state index is 0.0297. The molecule has 9 nitrogen and oxygen atoms in total. The highest BCUT2D eigenvalue weighted by Crippen LogP contribution is 2.39. The summed E-state index contributed by atoms with van der Waals surface area (Å²) in [6, 6.07) is -0.255. The van der Waals surface area contributed by atoms with Crippen LogP contribution >= 0.6 is 0 Å². The van der Waals surface area contributed by atoms with E-state index in [-0.39, 0.29) is 54.7 Å². The third kappa shape index (κ3) is 4.07. The quantitative estimate of drug-likeness (QED) is 0.655. The first-order chi connectivity index (χ1) is 13.3. The molecule has 3 N–H and O–H groups in total. The zero-order valence-electron chi connectivity index (χ0n) is 16.7. The van der Waals surface area contributed by atoms with Gasteiger partial charge in [0.1, 0.15) is 0 Å². The van der Waals surface area contributed by atoms with Crippen LogP contribution < -0.4 is 11.1 Å². The fraction of sp³-hybridized carbons (Fsp3) is 0.789. The van der Waals surface area contributed by atoms with Crippen molar-refractivity contribution < 1.29 is 19.2 Å². The van der Waals surface area contributed by atoms with Crippen molar-refractivity contribution in [2.75, 3.05) is 26.7 Å². The van der Waals surface area contributed by atoms with Crippen LogP contribution in [0.2, 0.25) is 0 Å². The molecule has 28 heavy (non-hydrogen) atoms. The van der Waals surface area contributed by atoms with Gasteiger partial charge in [-0.1, -0.05) is 0 Å². The lowest BCUT2D eigenvalue weighted by molar-refractivity contribution is -0.142. The van der Waals surface area contributed by atoms with Crippen LogP contribution in [0.5, 0.6) is 0 Å². The average molecular weight is 393 g/mol. The predicted molar refractivity (Wildman–Crippen MR) is 102 cm³/mol. The molecule has 3 heterocycles. The highest BCUT2D eigenvalue weighted by molar-refractivity contribution is 5.89. The Hall–Kier alpha value is -2.32. The molecule has 0 saturated carbocycles. The number of nitrogens with zero attached hydrogens (tertiary/aromatic N) is 3. The minimum atomic E-state index is -0.632. The Morgan fingerprint density at radius 2 is 1.86 bits per heavy atom. The van der Waals surface area contributed by atoms with E-state index in [0.29, 0.717) is 19.5 Å². The standard InChI is InChI=1S/C19H31N5O4/c1-3-23-11-12(8-17(23)26)18(27)24-13-4-5-14(24)10-15(9-13)22(2)16(25)6-7-21-19(20)28/h12-15H,3-11H2,1-2H3,(H3,20,21,28)/t12?,13-,14+,15?. The number of primary amides is 1. The summed E-state index contributed by atoms with van der Waals surface area (Å²) in [5.74, 6) is -0.0860. The molecular formula is C19H31N5O4. The highest BCUT2D eigenvalue weighted by Gasteiger charge is 2.47.